The predicted octanol–water partition coefficient (Wildman–Crippen LogP) is 7.11. The van der Waals surface area contributed by atoms with Gasteiger partial charge in [-0.25, -0.2) is 9.59 Å². The minimum Gasteiger partial charge on any atom is -0.492 e. The first-order chi connectivity index (χ1) is 20.2. The highest BCUT2D eigenvalue weighted by Gasteiger charge is 2.49. The van der Waals surface area contributed by atoms with Crippen molar-refractivity contribution in [1.82, 2.24) is 0 Å². The highest BCUT2D eigenvalue weighted by atomic mass is 16.7. The molecule has 0 saturated carbocycles. The molecule has 0 amide bonds. The van der Waals surface area contributed by atoms with E-state index in [1.54, 1.807) is 30.3 Å². The summed E-state index contributed by atoms with van der Waals surface area (Å²) in [7, 11) is 1.26. The number of aryl methyl sites for hydroxylation is 1. The normalized spacial score (nSPS) is 16.6. The summed E-state index contributed by atoms with van der Waals surface area (Å²) in [6, 6.07) is 26.0. The number of carbonyl (C=O) groups excluding carboxylic acids is 2. The molecule has 8 nitrogen and oxygen atoms in total. The lowest BCUT2D eigenvalue weighted by atomic mass is 9.77. The van der Waals surface area contributed by atoms with Crippen LogP contribution in [0.4, 0.5) is 9.59 Å². The molecule has 0 aromatic heterocycles. The number of fused-ring (bicyclic) bond motifs is 4. The van der Waals surface area contributed by atoms with Crippen molar-refractivity contribution in [3.63, 3.8) is 0 Å². The molecule has 2 aliphatic rings. The number of rotatable bonds is 5. The molecule has 4 aromatic rings. The minimum atomic E-state index is -0.838. The quantitative estimate of drug-likeness (QED) is 0.186. The van der Waals surface area contributed by atoms with Gasteiger partial charge in [0.25, 0.3) is 0 Å². The van der Waals surface area contributed by atoms with Gasteiger partial charge in [-0.2, -0.15) is 0 Å². The van der Waals surface area contributed by atoms with Gasteiger partial charge >= 0.3 is 12.3 Å². The van der Waals surface area contributed by atoms with Crippen LogP contribution >= 0.6 is 0 Å². The Bertz CT molecular complexity index is 1650. The van der Waals surface area contributed by atoms with Gasteiger partial charge in [-0.15, -0.1) is 0 Å². The highest BCUT2D eigenvalue weighted by Crippen LogP contribution is 2.51. The summed E-state index contributed by atoms with van der Waals surface area (Å²) in [5.41, 5.74) is 4.34. The van der Waals surface area contributed by atoms with Crippen molar-refractivity contribution in [1.29, 1.82) is 0 Å². The number of ether oxygens (including phenoxy) is 6. The van der Waals surface area contributed by atoms with Crippen molar-refractivity contribution >= 4 is 12.3 Å². The molecule has 0 N–H and O–H groups in total. The fourth-order valence-corrected chi connectivity index (χ4v) is 5.51. The summed E-state index contributed by atoms with van der Waals surface area (Å²) in [5.74, 6) is 2.71. The van der Waals surface area contributed by atoms with E-state index in [1.165, 1.54) is 7.11 Å². The van der Waals surface area contributed by atoms with Gasteiger partial charge in [0.05, 0.1) is 12.5 Å². The molecule has 0 bridgehead atoms. The van der Waals surface area contributed by atoms with Crippen molar-refractivity contribution in [2.45, 2.75) is 31.6 Å². The molecule has 1 atom stereocenters. The third kappa shape index (κ3) is 4.89. The fraction of sp³-hybridized carbons (Fsp3) is 0.235. The van der Waals surface area contributed by atoms with Crippen LogP contribution in [0.25, 0.3) is 0 Å². The smallest absolute Gasteiger partial charge is 0.492 e. The van der Waals surface area contributed by atoms with E-state index in [1.807, 2.05) is 55.5 Å². The number of hydrogen-bond donors (Lipinski definition) is 0. The van der Waals surface area contributed by atoms with E-state index in [0.29, 0.717) is 30.5 Å². The van der Waals surface area contributed by atoms with Crippen LogP contribution in [0.1, 0.15) is 41.7 Å². The van der Waals surface area contributed by atoms with Crippen LogP contribution in [0.5, 0.6) is 28.7 Å². The molecule has 2 aliphatic heterocycles. The molecule has 8 heteroatoms. The predicted molar refractivity (Wildman–Crippen MR) is 154 cm³/mol. The molecule has 0 radical (unpaired) electrons. The molecule has 0 saturated heterocycles. The summed E-state index contributed by atoms with van der Waals surface area (Å²) in [5, 5.41) is 0. The summed E-state index contributed by atoms with van der Waals surface area (Å²) >= 11 is 0. The molecule has 0 aliphatic carbocycles. The van der Waals surface area contributed by atoms with E-state index >= 15 is 0 Å². The second-order valence-corrected chi connectivity index (χ2v) is 11.0. The van der Waals surface area contributed by atoms with Crippen LogP contribution in [0.2, 0.25) is 0 Å². The van der Waals surface area contributed by atoms with Crippen molar-refractivity contribution in [2.75, 3.05) is 20.3 Å². The second kappa shape index (κ2) is 10.4. The Kier molecular flexibility index (Phi) is 6.77. The first-order valence-electron chi connectivity index (χ1n) is 13.6. The lowest BCUT2D eigenvalue weighted by molar-refractivity contribution is 0.121. The van der Waals surface area contributed by atoms with E-state index in [2.05, 4.69) is 24.7 Å². The fourth-order valence-electron chi connectivity index (χ4n) is 5.51. The molecule has 4 aromatic carbocycles. The molecule has 214 valence electrons. The maximum absolute atomic E-state index is 12.7. The lowest BCUT2D eigenvalue weighted by Gasteiger charge is -2.26. The zero-order chi connectivity index (χ0) is 29.5. The summed E-state index contributed by atoms with van der Waals surface area (Å²) < 4.78 is 32.7. The van der Waals surface area contributed by atoms with E-state index < -0.39 is 17.7 Å². The Morgan fingerprint density at radius 1 is 0.667 bits per heavy atom. The maximum atomic E-state index is 12.7. The van der Waals surface area contributed by atoms with E-state index in [9.17, 15) is 9.59 Å². The third-order valence-corrected chi connectivity index (χ3v) is 7.99. The number of methoxy groups -OCH3 is 1. The zero-order valence-corrected chi connectivity index (χ0v) is 23.8. The Hall–Kier alpha value is -4.98. The molecule has 0 fully saturated rings. The molecule has 1 spiro atoms. The standard InChI is InChI=1S/C34H30O8/c1-21-5-15-29-27(17-21)34(19-38-29)20-39-30-16-14-26(18-28(30)34)42-32(36)41-25-12-8-23(9-13-25)33(2,3)22-6-10-24(11-7-22)40-31(35)37-4/h5-18H,19-20H2,1-4H3. The van der Waals surface area contributed by atoms with Gasteiger partial charge in [0.15, 0.2) is 0 Å². The highest BCUT2D eigenvalue weighted by molar-refractivity contribution is 5.68. The molecular weight excluding hydrogens is 536 g/mol. The Labute approximate surface area is 243 Å². The monoisotopic (exact) mass is 566 g/mol. The van der Waals surface area contributed by atoms with E-state index in [-0.39, 0.29) is 5.41 Å². The first kappa shape index (κ1) is 27.2. The number of hydrogen-bond acceptors (Lipinski definition) is 8. The molecule has 6 rings (SSSR count). The minimum absolute atomic E-state index is 0.357. The third-order valence-electron chi connectivity index (χ3n) is 7.99. The van der Waals surface area contributed by atoms with E-state index in [4.69, 9.17) is 23.7 Å². The van der Waals surface area contributed by atoms with Crippen LogP contribution in [-0.4, -0.2) is 32.6 Å². The summed E-state index contributed by atoms with van der Waals surface area (Å²) in [6.45, 7) is 7.12. The van der Waals surface area contributed by atoms with Gasteiger partial charge in [0.2, 0.25) is 0 Å². The van der Waals surface area contributed by atoms with Crippen molar-refractivity contribution in [3.8, 4) is 28.7 Å². The summed E-state index contributed by atoms with van der Waals surface area (Å²) in [6.07, 6.45) is -1.61. The average Bonchev–Trinajstić information content (AvgIpc) is 3.54. The molecule has 42 heavy (non-hydrogen) atoms. The Morgan fingerprint density at radius 3 is 1.71 bits per heavy atom. The van der Waals surface area contributed by atoms with Gasteiger partial charge in [0.1, 0.15) is 42.0 Å². The largest absolute Gasteiger partial charge is 0.519 e. The lowest BCUT2D eigenvalue weighted by Crippen LogP contribution is -2.31. The molecular formula is C34H30O8. The zero-order valence-electron chi connectivity index (χ0n) is 23.8. The SMILES string of the molecule is COC(=O)Oc1ccc(C(C)(C)c2ccc(OC(=O)Oc3ccc4c(c3)C3(COc5ccc(C)cc53)CO4)cc2)cc1. The average molecular weight is 567 g/mol. The molecule has 1 unspecified atom stereocenters. The van der Waals surface area contributed by atoms with Gasteiger partial charge < -0.3 is 28.4 Å². The Balaban J connectivity index is 1.13. The van der Waals surface area contributed by atoms with Gasteiger partial charge in [-0.05, 0) is 66.6 Å². The van der Waals surface area contributed by atoms with Crippen LogP contribution in [-0.2, 0) is 15.6 Å². The van der Waals surface area contributed by atoms with Crippen molar-refractivity contribution in [3.05, 3.63) is 113 Å². The van der Waals surface area contributed by atoms with Crippen LogP contribution < -0.4 is 23.7 Å². The topological polar surface area (TPSA) is 89.5 Å². The van der Waals surface area contributed by atoms with Crippen molar-refractivity contribution in [2.24, 2.45) is 0 Å². The van der Waals surface area contributed by atoms with Gasteiger partial charge in [-0.1, -0.05) is 55.8 Å². The maximum Gasteiger partial charge on any atom is 0.519 e. The second-order valence-electron chi connectivity index (χ2n) is 11.0. The van der Waals surface area contributed by atoms with Crippen LogP contribution in [0.15, 0.2) is 84.9 Å². The number of carbonyl (C=O) groups is 2. The first-order valence-corrected chi connectivity index (χ1v) is 13.6. The van der Waals surface area contributed by atoms with Crippen LogP contribution in [0.3, 0.4) is 0 Å². The Morgan fingerprint density at radius 2 is 1.14 bits per heavy atom. The number of benzene rings is 4. The van der Waals surface area contributed by atoms with E-state index in [0.717, 1.165) is 39.3 Å². The summed E-state index contributed by atoms with van der Waals surface area (Å²) in [4.78, 5) is 24.1. The van der Waals surface area contributed by atoms with Crippen LogP contribution in [0, 0.1) is 6.92 Å². The van der Waals surface area contributed by atoms with Gasteiger partial charge in [0, 0.05) is 16.5 Å². The molecule has 2 heterocycles. The van der Waals surface area contributed by atoms with Gasteiger partial charge in [-0.3, -0.25) is 0 Å². The van der Waals surface area contributed by atoms with Crippen molar-refractivity contribution < 1.29 is 38.0 Å².